The van der Waals surface area contributed by atoms with Gasteiger partial charge in [0, 0.05) is 12.0 Å². The van der Waals surface area contributed by atoms with Crippen molar-refractivity contribution in [2.45, 2.75) is 43.0 Å². The van der Waals surface area contributed by atoms with Crippen molar-refractivity contribution in [3.8, 4) is 0 Å². The van der Waals surface area contributed by atoms with Crippen LogP contribution < -0.4 is 0 Å². The molecular weight excluding hydrogens is 370 g/mol. The predicted molar refractivity (Wildman–Crippen MR) is 93.3 cm³/mol. The smallest absolute Gasteiger partial charge is 0.188 e. The Kier molecular flexibility index (Phi) is 4.23. The van der Waals surface area contributed by atoms with Gasteiger partial charge in [0.1, 0.15) is 11.0 Å². The van der Waals surface area contributed by atoms with E-state index in [1.165, 1.54) is 17.8 Å². The third kappa shape index (κ3) is 2.62. The summed E-state index contributed by atoms with van der Waals surface area (Å²) in [6, 6.07) is 3.26. The zero-order chi connectivity index (χ0) is 16.9. The monoisotopic (exact) mass is 384 g/mol. The second-order valence-electron chi connectivity index (χ2n) is 6.16. The minimum atomic E-state index is -0.509. The van der Waals surface area contributed by atoms with E-state index in [1.54, 1.807) is 6.07 Å². The highest BCUT2D eigenvalue weighted by Gasteiger charge is 2.42. The fourth-order valence-corrected chi connectivity index (χ4v) is 4.48. The van der Waals surface area contributed by atoms with Gasteiger partial charge in [-0.15, -0.1) is 0 Å². The second-order valence-corrected chi connectivity index (χ2v) is 7.70. The number of fused-ring (bicyclic) bond motifs is 3. The molecule has 0 saturated carbocycles. The molecule has 3 nitrogen and oxygen atoms in total. The molecule has 24 heavy (non-hydrogen) atoms. The van der Waals surface area contributed by atoms with E-state index in [4.69, 9.17) is 27.9 Å². The molecule has 1 aliphatic carbocycles. The quantitative estimate of drug-likeness (QED) is 0.395. The predicted octanol–water partition coefficient (Wildman–Crippen LogP) is 4.95. The van der Waals surface area contributed by atoms with Gasteiger partial charge in [0.25, 0.3) is 0 Å². The van der Waals surface area contributed by atoms with Crippen molar-refractivity contribution in [2.24, 2.45) is 0 Å². The summed E-state index contributed by atoms with van der Waals surface area (Å²) in [5.41, 5.74) is 3.20. The van der Waals surface area contributed by atoms with Crippen LogP contribution in [0.5, 0.6) is 0 Å². The van der Waals surface area contributed by atoms with Crippen LogP contribution in [0.2, 0.25) is 10.2 Å². The van der Waals surface area contributed by atoms with Crippen molar-refractivity contribution in [3.63, 3.8) is 0 Å². The van der Waals surface area contributed by atoms with E-state index in [0.29, 0.717) is 23.3 Å². The summed E-state index contributed by atoms with van der Waals surface area (Å²) in [5.74, 6) is -0.376. The molecule has 1 aromatic carbocycles. The van der Waals surface area contributed by atoms with E-state index < -0.39 is 5.60 Å². The zero-order valence-corrected chi connectivity index (χ0v) is 15.4. The molecular formula is C17H15Cl2FN2OS. The van der Waals surface area contributed by atoms with E-state index in [-0.39, 0.29) is 10.8 Å². The van der Waals surface area contributed by atoms with E-state index in [1.807, 2.05) is 6.26 Å². The Balaban J connectivity index is 1.82. The van der Waals surface area contributed by atoms with Crippen molar-refractivity contribution in [1.29, 1.82) is 0 Å². The van der Waals surface area contributed by atoms with Crippen molar-refractivity contribution in [1.82, 2.24) is 9.97 Å². The maximum absolute atomic E-state index is 13.8. The normalized spacial score (nSPS) is 22.3. The van der Waals surface area contributed by atoms with Gasteiger partial charge < -0.3 is 4.74 Å². The van der Waals surface area contributed by atoms with Crippen LogP contribution >= 0.6 is 35.0 Å². The first-order valence-corrected chi connectivity index (χ1v) is 9.72. The van der Waals surface area contributed by atoms with Crippen molar-refractivity contribution in [2.75, 3.05) is 6.26 Å². The molecule has 1 aliphatic heterocycles. The second kappa shape index (κ2) is 6.13. The van der Waals surface area contributed by atoms with Crippen molar-refractivity contribution < 1.29 is 9.13 Å². The zero-order valence-electron chi connectivity index (χ0n) is 13.0. The Morgan fingerprint density at radius 2 is 2.12 bits per heavy atom. The van der Waals surface area contributed by atoms with Crippen LogP contribution in [0.15, 0.2) is 17.3 Å². The van der Waals surface area contributed by atoms with Crippen LogP contribution in [-0.2, 0) is 29.8 Å². The molecule has 2 heterocycles. The van der Waals surface area contributed by atoms with Crippen molar-refractivity contribution >= 4 is 35.0 Å². The van der Waals surface area contributed by atoms with E-state index in [2.05, 4.69) is 9.97 Å². The molecule has 1 aromatic heterocycles. The summed E-state index contributed by atoms with van der Waals surface area (Å²) in [6.07, 6.45) is 5.16. The number of thioether (sulfide) groups is 1. The van der Waals surface area contributed by atoms with Gasteiger partial charge in [-0.25, -0.2) is 14.4 Å². The van der Waals surface area contributed by atoms with E-state index >= 15 is 0 Å². The summed E-state index contributed by atoms with van der Waals surface area (Å²) in [5, 5.41) is 1.24. The average Bonchev–Trinajstić information content (AvgIpc) is 2.56. The Labute approximate surface area is 153 Å². The molecule has 4 rings (SSSR count). The Bertz CT molecular complexity index is 833. The molecule has 1 unspecified atom stereocenters. The highest BCUT2D eigenvalue weighted by molar-refractivity contribution is 7.98. The molecule has 1 spiro atoms. The maximum atomic E-state index is 13.8. The molecule has 1 atom stereocenters. The number of aryl methyl sites for hydroxylation is 1. The van der Waals surface area contributed by atoms with E-state index in [0.717, 1.165) is 41.6 Å². The van der Waals surface area contributed by atoms with Crippen LogP contribution in [0.1, 0.15) is 35.2 Å². The topological polar surface area (TPSA) is 35.0 Å². The number of halogens is 3. The molecule has 0 bridgehead atoms. The van der Waals surface area contributed by atoms with Crippen LogP contribution in [0.4, 0.5) is 4.39 Å². The van der Waals surface area contributed by atoms with Crippen LogP contribution in [0.25, 0.3) is 0 Å². The first kappa shape index (κ1) is 16.6. The number of nitrogens with zero attached hydrogens (tertiary/aromatic N) is 2. The number of benzene rings is 1. The SMILES string of the molecule is CSc1nc(Cl)c2c(n1)CC1(CCCc3cc(F)c(Cl)cc31)OC2. The van der Waals surface area contributed by atoms with Gasteiger partial charge >= 0.3 is 0 Å². The van der Waals surface area contributed by atoms with Gasteiger partial charge in [0.2, 0.25) is 0 Å². The van der Waals surface area contributed by atoms with Gasteiger partial charge in [-0.3, -0.25) is 0 Å². The summed E-state index contributed by atoms with van der Waals surface area (Å²) < 4.78 is 20.1. The average molecular weight is 385 g/mol. The lowest BCUT2D eigenvalue weighted by Gasteiger charge is -2.42. The Morgan fingerprint density at radius 3 is 2.92 bits per heavy atom. The number of rotatable bonds is 1. The number of aromatic nitrogens is 2. The highest BCUT2D eigenvalue weighted by Crippen LogP contribution is 2.46. The molecule has 0 N–H and O–H groups in total. The molecule has 2 aromatic rings. The lowest BCUT2D eigenvalue weighted by atomic mass is 9.75. The fourth-order valence-electron chi connectivity index (χ4n) is 3.64. The molecule has 0 fully saturated rings. The van der Waals surface area contributed by atoms with Crippen LogP contribution in [0, 0.1) is 5.82 Å². The molecule has 0 amide bonds. The summed E-state index contributed by atoms with van der Waals surface area (Å²) in [7, 11) is 0. The van der Waals surface area contributed by atoms with Gasteiger partial charge in [-0.2, -0.15) is 0 Å². The standard InChI is InChI=1S/C17H15Cl2FN2OS/c1-24-16-21-14-7-17(23-8-10(14)15(19)22-16)4-2-3-9-5-13(20)12(18)6-11(9)17/h5-6H,2-4,7-8H2,1H3. The van der Waals surface area contributed by atoms with Crippen LogP contribution in [0.3, 0.4) is 0 Å². The molecule has 0 saturated heterocycles. The molecule has 0 radical (unpaired) electrons. The largest absolute Gasteiger partial charge is 0.365 e. The van der Waals surface area contributed by atoms with Gasteiger partial charge in [0.05, 0.1) is 22.9 Å². The number of hydrogen-bond acceptors (Lipinski definition) is 4. The number of ether oxygens (including phenoxy) is 1. The number of hydrogen-bond donors (Lipinski definition) is 0. The van der Waals surface area contributed by atoms with Gasteiger partial charge in [0.15, 0.2) is 5.16 Å². The third-order valence-electron chi connectivity index (χ3n) is 4.81. The Morgan fingerprint density at radius 1 is 1.29 bits per heavy atom. The fraction of sp³-hybridized carbons (Fsp3) is 0.412. The minimum absolute atomic E-state index is 0.134. The lowest BCUT2D eigenvalue weighted by molar-refractivity contribution is -0.0858. The lowest BCUT2D eigenvalue weighted by Crippen LogP contribution is -2.40. The third-order valence-corrected chi connectivity index (χ3v) is 5.96. The maximum Gasteiger partial charge on any atom is 0.188 e. The molecule has 2 aliphatic rings. The first-order valence-electron chi connectivity index (χ1n) is 7.74. The molecule has 126 valence electrons. The minimum Gasteiger partial charge on any atom is -0.365 e. The Hall–Kier alpha value is -0.880. The van der Waals surface area contributed by atoms with E-state index in [9.17, 15) is 4.39 Å². The summed E-state index contributed by atoms with van der Waals surface area (Å²) >= 11 is 13.8. The highest BCUT2D eigenvalue weighted by atomic mass is 35.5. The van der Waals surface area contributed by atoms with Crippen LogP contribution in [-0.4, -0.2) is 16.2 Å². The summed E-state index contributed by atoms with van der Waals surface area (Å²) in [4.78, 5) is 8.91. The first-order chi connectivity index (χ1) is 11.5. The summed E-state index contributed by atoms with van der Waals surface area (Å²) in [6.45, 7) is 0.358. The van der Waals surface area contributed by atoms with Gasteiger partial charge in [-0.05, 0) is 48.8 Å². The molecule has 7 heteroatoms. The van der Waals surface area contributed by atoms with Crippen molar-refractivity contribution in [3.05, 3.63) is 50.5 Å². The van der Waals surface area contributed by atoms with Gasteiger partial charge in [-0.1, -0.05) is 35.0 Å².